The molecule has 0 bridgehead atoms. The van der Waals surface area contributed by atoms with Gasteiger partial charge < -0.3 is 14.8 Å². The fourth-order valence-corrected chi connectivity index (χ4v) is 3.55. The van der Waals surface area contributed by atoms with Crippen LogP contribution in [0.5, 0.6) is 0 Å². The van der Waals surface area contributed by atoms with E-state index in [9.17, 15) is 14.7 Å². The summed E-state index contributed by atoms with van der Waals surface area (Å²) in [6, 6.07) is 12.9. The molecule has 7 heteroatoms. The Kier molecular flexibility index (Phi) is 4.27. The van der Waals surface area contributed by atoms with Gasteiger partial charge in [0.2, 0.25) is 5.89 Å². The third kappa shape index (κ3) is 3.01. The summed E-state index contributed by atoms with van der Waals surface area (Å²) in [4.78, 5) is 29.7. The Labute approximate surface area is 155 Å². The topological polar surface area (TPSA) is 95.7 Å². The quantitative estimate of drug-likeness (QED) is 0.738. The van der Waals surface area contributed by atoms with E-state index in [4.69, 9.17) is 4.42 Å². The van der Waals surface area contributed by atoms with E-state index in [2.05, 4.69) is 10.3 Å². The summed E-state index contributed by atoms with van der Waals surface area (Å²) in [6.45, 7) is 0.455. The van der Waals surface area contributed by atoms with E-state index in [-0.39, 0.29) is 5.91 Å². The smallest absolute Gasteiger partial charge is 0.407 e. The molecule has 138 valence electrons. The van der Waals surface area contributed by atoms with Crippen molar-refractivity contribution < 1.29 is 19.1 Å². The number of carboxylic acid groups (broad SMARTS) is 1. The third-order valence-electron chi connectivity index (χ3n) is 4.87. The molecule has 1 fully saturated rings. The molecule has 0 radical (unpaired) electrons. The zero-order chi connectivity index (χ0) is 19.0. The molecule has 4 rings (SSSR count). The molecule has 3 aromatic rings. The van der Waals surface area contributed by atoms with Crippen LogP contribution in [-0.4, -0.2) is 40.6 Å². The van der Waals surface area contributed by atoms with Gasteiger partial charge in [0.1, 0.15) is 11.6 Å². The zero-order valence-corrected chi connectivity index (χ0v) is 14.8. The molecule has 27 heavy (non-hydrogen) atoms. The first-order valence-electron chi connectivity index (χ1n) is 8.80. The molecule has 1 atom stereocenters. The summed E-state index contributed by atoms with van der Waals surface area (Å²) in [5.41, 5.74) is 3.12. The van der Waals surface area contributed by atoms with Crippen molar-refractivity contribution in [2.75, 3.05) is 13.6 Å². The van der Waals surface area contributed by atoms with Crippen LogP contribution >= 0.6 is 0 Å². The standard InChI is InChI=1S/C20H19N3O4/c1-21-18(24)14-10-13(12-6-3-2-4-7-12)11-16-17(14)22-19(27-16)15-8-5-9-23(15)20(25)26/h2-4,6-7,10-11,15H,5,8-9H2,1H3,(H,21,24)(H,25,26). The number of carbonyl (C=O) groups excluding carboxylic acids is 1. The molecule has 1 aromatic heterocycles. The lowest BCUT2D eigenvalue weighted by atomic mass is 10.0. The molecular weight excluding hydrogens is 346 g/mol. The van der Waals surface area contributed by atoms with Gasteiger partial charge in [-0.05, 0) is 36.1 Å². The number of oxazole rings is 1. The second-order valence-electron chi connectivity index (χ2n) is 6.50. The SMILES string of the molecule is CNC(=O)c1cc(-c2ccccc2)cc2oc(C3CCCN3C(=O)O)nc12. The molecule has 0 aliphatic carbocycles. The fourth-order valence-electron chi connectivity index (χ4n) is 3.55. The van der Waals surface area contributed by atoms with E-state index in [1.165, 1.54) is 4.90 Å². The Balaban J connectivity index is 1.86. The number of hydrogen-bond donors (Lipinski definition) is 2. The summed E-state index contributed by atoms with van der Waals surface area (Å²) in [6.07, 6.45) is 0.420. The molecular formula is C20H19N3O4. The van der Waals surface area contributed by atoms with Gasteiger partial charge in [-0.25, -0.2) is 9.78 Å². The van der Waals surface area contributed by atoms with E-state index in [1.807, 2.05) is 36.4 Å². The largest absolute Gasteiger partial charge is 0.465 e. The molecule has 7 nitrogen and oxygen atoms in total. The van der Waals surface area contributed by atoms with E-state index in [1.54, 1.807) is 13.1 Å². The minimum Gasteiger partial charge on any atom is -0.465 e. The second-order valence-corrected chi connectivity index (χ2v) is 6.50. The zero-order valence-electron chi connectivity index (χ0n) is 14.8. The van der Waals surface area contributed by atoms with Gasteiger partial charge in [-0.1, -0.05) is 30.3 Å². The minimum atomic E-state index is -0.990. The van der Waals surface area contributed by atoms with E-state index < -0.39 is 12.1 Å². The third-order valence-corrected chi connectivity index (χ3v) is 4.87. The molecule has 0 spiro atoms. The maximum atomic E-state index is 12.4. The van der Waals surface area contributed by atoms with Gasteiger partial charge in [0, 0.05) is 13.6 Å². The van der Waals surface area contributed by atoms with Crippen molar-refractivity contribution in [2.45, 2.75) is 18.9 Å². The average Bonchev–Trinajstić information content (AvgIpc) is 3.33. The number of amides is 2. The summed E-state index contributed by atoms with van der Waals surface area (Å²) in [5.74, 6) is 0.0689. The van der Waals surface area contributed by atoms with Crippen LogP contribution in [0.25, 0.3) is 22.2 Å². The second kappa shape index (κ2) is 6.75. The van der Waals surface area contributed by atoms with E-state index in [0.717, 1.165) is 17.5 Å². The predicted molar refractivity (Wildman–Crippen MR) is 99.5 cm³/mol. The highest BCUT2D eigenvalue weighted by Crippen LogP contribution is 2.35. The van der Waals surface area contributed by atoms with Crippen LogP contribution in [0.4, 0.5) is 4.79 Å². The van der Waals surface area contributed by atoms with Gasteiger partial charge in [0.15, 0.2) is 5.58 Å². The molecule has 2 aromatic carbocycles. The number of nitrogens with one attached hydrogen (secondary N) is 1. The van der Waals surface area contributed by atoms with Crippen LogP contribution in [0.2, 0.25) is 0 Å². The Morgan fingerprint density at radius 1 is 1.22 bits per heavy atom. The highest BCUT2D eigenvalue weighted by molar-refractivity contribution is 6.06. The van der Waals surface area contributed by atoms with E-state index in [0.29, 0.717) is 35.5 Å². The number of fused-ring (bicyclic) bond motifs is 1. The Bertz CT molecular complexity index is 1010. The molecule has 2 amide bonds. The highest BCUT2D eigenvalue weighted by Gasteiger charge is 2.34. The summed E-state index contributed by atoms with van der Waals surface area (Å²) in [7, 11) is 1.56. The van der Waals surface area contributed by atoms with Crippen LogP contribution < -0.4 is 5.32 Å². The molecule has 1 saturated heterocycles. The molecule has 1 unspecified atom stereocenters. The van der Waals surface area contributed by atoms with Crippen LogP contribution in [0.3, 0.4) is 0 Å². The maximum absolute atomic E-state index is 12.4. The van der Waals surface area contributed by atoms with Gasteiger partial charge in [0.25, 0.3) is 5.91 Å². The van der Waals surface area contributed by atoms with Gasteiger partial charge in [-0.15, -0.1) is 0 Å². The first kappa shape index (κ1) is 17.1. The summed E-state index contributed by atoms with van der Waals surface area (Å²) in [5, 5.41) is 12.0. The lowest BCUT2D eigenvalue weighted by Gasteiger charge is -2.17. The summed E-state index contributed by atoms with van der Waals surface area (Å²) >= 11 is 0. The Hall–Kier alpha value is -3.35. The Morgan fingerprint density at radius 3 is 2.70 bits per heavy atom. The number of rotatable bonds is 3. The van der Waals surface area contributed by atoms with Crippen LogP contribution in [0.15, 0.2) is 46.9 Å². The Morgan fingerprint density at radius 2 is 2.00 bits per heavy atom. The normalized spacial score (nSPS) is 16.6. The first-order valence-corrected chi connectivity index (χ1v) is 8.80. The number of aromatic nitrogens is 1. The lowest BCUT2D eigenvalue weighted by molar-refractivity contribution is 0.0964. The maximum Gasteiger partial charge on any atom is 0.407 e. The van der Waals surface area contributed by atoms with Crippen molar-refractivity contribution in [3.63, 3.8) is 0 Å². The van der Waals surface area contributed by atoms with Gasteiger partial charge in [-0.3, -0.25) is 9.69 Å². The molecule has 2 N–H and O–H groups in total. The lowest BCUT2D eigenvalue weighted by Crippen LogP contribution is -2.28. The average molecular weight is 365 g/mol. The molecule has 2 heterocycles. The van der Waals surface area contributed by atoms with Crippen LogP contribution in [0.1, 0.15) is 35.1 Å². The van der Waals surface area contributed by atoms with Crippen molar-refractivity contribution in [2.24, 2.45) is 0 Å². The molecule has 1 aliphatic heterocycles. The minimum absolute atomic E-state index is 0.265. The van der Waals surface area contributed by atoms with Crippen LogP contribution in [0, 0.1) is 0 Å². The van der Waals surface area contributed by atoms with Crippen molar-refractivity contribution in [1.29, 1.82) is 0 Å². The first-order chi connectivity index (χ1) is 13.1. The number of hydrogen-bond acceptors (Lipinski definition) is 4. The van der Waals surface area contributed by atoms with E-state index >= 15 is 0 Å². The number of nitrogens with zero attached hydrogens (tertiary/aromatic N) is 2. The number of likely N-dealkylation sites (tertiary alicyclic amines) is 1. The summed E-state index contributed by atoms with van der Waals surface area (Å²) < 4.78 is 5.93. The van der Waals surface area contributed by atoms with Crippen molar-refractivity contribution in [3.05, 3.63) is 53.9 Å². The number of carbonyl (C=O) groups is 2. The van der Waals surface area contributed by atoms with Gasteiger partial charge in [0.05, 0.1) is 5.56 Å². The van der Waals surface area contributed by atoms with Crippen LogP contribution in [-0.2, 0) is 0 Å². The monoisotopic (exact) mass is 365 g/mol. The van der Waals surface area contributed by atoms with Gasteiger partial charge >= 0.3 is 6.09 Å². The number of benzene rings is 2. The van der Waals surface area contributed by atoms with Crippen molar-refractivity contribution in [3.8, 4) is 11.1 Å². The fraction of sp³-hybridized carbons (Fsp3) is 0.250. The predicted octanol–water partition coefficient (Wildman–Crippen LogP) is 3.67. The van der Waals surface area contributed by atoms with Crippen molar-refractivity contribution in [1.82, 2.24) is 15.2 Å². The molecule has 1 aliphatic rings. The van der Waals surface area contributed by atoms with Crippen molar-refractivity contribution >= 4 is 23.1 Å². The molecule has 0 saturated carbocycles. The van der Waals surface area contributed by atoms with Gasteiger partial charge in [-0.2, -0.15) is 0 Å². The highest BCUT2D eigenvalue weighted by atomic mass is 16.4.